The lowest BCUT2D eigenvalue weighted by Crippen LogP contribution is -2.25. The molecule has 0 aliphatic heterocycles. The second kappa shape index (κ2) is 5.03. The average Bonchev–Trinajstić information content (AvgIpc) is 3.03. The number of H-pyrrole nitrogens is 1. The number of hydrogen-bond donors (Lipinski definition) is 2. The molecule has 0 bridgehead atoms. The number of nitrogens with zero attached hydrogens (tertiary/aromatic N) is 1. The Morgan fingerprint density at radius 2 is 2.56 bits per heavy atom. The summed E-state index contributed by atoms with van der Waals surface area (Å²) in [5.74, 6) is 1.02. The first-order chi connectivity index (χ1) is 8.78. The molecule has 3 nitrogen and oxygen atoms in total. The zero-order valence-electron chi connectivity index (χ0n) is 10.2. The molecule has 1 aliphatic rings. The smallest absolute Gasteiger partial charge is 0.123 e. The summed E-state index contributed by atoms with van der Waals surface area (Å²) in [4.78, 5) is 8.98. The monoisotopic (exact) mass is 281 g/mol. The Morgan fingerprint density at radius 1 is 1.67 bits per heavy atom. The molecule has 5 heteroatoms. The van der Waals surface area contributed by atoms with Crippen molar-refractivity contribution in [1.82, 2.24) is 15.3 Å². The minimum absolute atomic E-state index is 0.287. The van der Waals surface area contributed by atoms with E-state index in [0.717, 1.165) is 29.4 Å². The van der Waals surface area contributed by atoms with Gasteiger partial charge in [0, 0.05) is 23.3 Å². The van der Waals surface area contributed by atoms with Crippen LogP contribution in [0.15, 0.2) is 18.5 Å². The Hall–Kier alpha value is -0.840. The van der Waals surface area contributed by atoms with Gasteiger partial charge in [0.05, 0.1) is 10.4 Å². The maximum Gasteiger partial charge on any atom is 0.123 e. The van der Waals surface area contributed by atoms with Crippen molar-refractivity contribution in [2.24, 2.45) is 0 Å². The van der Waals surface area contributed by atoms with Crippen LogP contribution < -0.4 is 5.32 Å². The lowest BCUT2D eigenvalue weighted by atomic mass is 10.1. The maximum absolute atomic E-state index is 6.09. The molecular formula is C13H16ClN3S. The van der Waals surface area contributed by atoms with E-state index in [1.807, 2.05) is 6.20 Å². The first-order valence-corrected chi connectivity index (χ1v) is 7.50. The molecule has 2 N–H and O–H groups in total. The summed E-state index contributed by atoms with van der Waals surface area (Å²) in [5.41, 5.74) is 1.38. The van der Waals surface area contributed by atoms with Crippen molar-refractivity contribution in [1.29, 1.82) is 0 Å². The van der Waals surface area contributed by atoms with Gasteiger partial charge < -0.3 is 10.3 Å². The highest BCUT2D eigenvalue weighted by Crippen LogP contribution is 2.40. The molecule has 0 saturated carbocycles. The van der Waals surface area contributed by atoms with Crippen LogP contribution in [0.2, 0.25) is 4.34 Å². The zero-order valence-corrected chi connectivity index (χ0v) is 11.8. The van der Waals surface area contributed by atoms with Crippen molar-refractivity contribution < 1.29 is 0 Å². The number of thiophene rings is 1. The lowest BCUT2D eigenvalue weighted by molar-refractivity contribution is 0.420. The number of rotatable bonds is 4. The molecule has 0 amide bonds. The molecule has 2 heterocycles. The summed E-state index contributed by atoms with van der Waals surface area (Å²) in [7, 11) is 0. The Balaban J connectivity index is 1.77. The molecule has 1 aliphatic carbocycles. The predicted octanol–water partition coefficient (Wildman–Crippen LogP) is 3.85. The van der Waals surface area contributed by atoms with Gasteiger partial charge in [-0.3, -0.25) is 0 Å². The van der Waals surface area contributed by atoms with Gasteiger partial charge in [0.2, 0.25) is 0 Å². The lowest BCUT2D eigenvalue weighted by Gasteiger charge is -2.20. The van der Waals surface area contributed by atoms with E-state index in [1.165, 1.54) is 10.4 Å². The number of fused-ring (bicyclic) bond motifs is 1. The average molecular weight is 282 g/mol. The quantitative estimate of drug-likeness (QED) is 0.894. The predicted molar refractivity (Wildman–Crippen MR) is 75.1 cm³/mol. The molecule has 0 spiro atoms. The van der Waals surface area contributed by atoms with Crippen LogP contribution in [0.3, 0.4) is 0 Å². The van der Waals surface area contributed by atoms with Crippen LogP contribution in [0.5, 0.6) is 0 Å². The molecule has 2 unspecified atom stereocenters. The number of aryl methyl sites for hydroxylation is 1. The first-order valence-electron chi connectivity index (χ1n) is 6.31. The molecule has 0 radical (unpaired) electrons. The van der Waals surface area contributed by atoms with E-state index in [1.54, 1.807) is 17.5 Å². The van der Waals surface area contributed by atoms with Gasteiger partial charge in [-0.2, -0.15) is 0 Å². The summed E-state index contributed by atoms with van der Waals surface area (Å²) >= 11 is 7.80. The summed E-state index contributed by atoms with van der Waals surface area (Å²) in [6.07, 6.45) is 7.01. The standard InChI is InChI=1S/C13H16ClN3S/c1-2-9(13-15-5-6-16-13)17-10-3-4-11-8(10)7-12(14)18-11/h5-7,9-10,17H,2-4H2,1H3,(H,15,16). The third kappa shape index (κ3) is 2.20. The number of aromatic nitrogens is 2. The molecule has 18 heavy (non-hydrogen) atoms. The highest BCUT2D eigenvalue weighted by molar-refractivity contribution is 7.16. The minimum atomic E-state index is 0.287. The van der Waals surface area contributed by atoms with Crippen LogP contribution in [0.25, 0.3) is 0 Å². The number of halogens is 1. The summed E-state index contributed by atoms with van der Waals surface area (Å²) in [6.45, 7) is 2.18. The topological polar surface area (TPSA) is 40.7 Å². The van der Waals surface area contributed by atoms with E-state index in [0.29, 0.717) is 6.04 Å². The van der Waals surface area contributed by atoms with Gasteiger partial charge in [0.1, 0.15) is 5.82 Å². The van der Waals surface area contributed by atoms with Gasteiger partial charge in [-0.15, -0.1) is 11.3 Å². The van der Waals surface area contributed by atoms with E-state index >= 15 is 0 Å². The summed E-state index contributed by atoms with van der Waals surface area (Å²) in [5, 5.41) is 3.69. The van der Waals surface area contributed by atoms with E-state index in [2.05, 4.69) is 28.3 Å². The number of nitrogens with one attached hydrogen (secondary N) is 2. The second-order valence-corrected chi connectivity index (χ2v) is 6.39. The fraction of sp³-hybridized carbons (Fsp3) is 0.462. The van der Waals surface area contributed by atoms with Crippen LogP contribution in [-0.4, -0.2) is 9.97 Å². The van der Waals surface area contributed by atoms with E-state index in [9.17, 15) is 0 Å². The maximum atomic E-state index is 6.09. The zero-order chi connectivity index (χ0) is 12.5. The Bertz CT molecular complexity index is 520. The minimum Gasteiger partial charge on any atom is -0.347 e. The Kier molecular flexibility index (Phi) is 3.41. The number of aromatic amines is 1. The molecule has 2 aromatic heterocycles. The van der Waals surface area contributed by atoms with Gasteiger partial charge in [-0.05, 0) is 30.9 Å². The molecular weight excluding hydrogens is 266 g/mol. The Labute approximate surface area is 116 Å². The first kappa shape index (κ1) is 12.2. The molecule has 0 aromatic carbocycles. The number of imidazole rings is 1. The van der Waals surface area contributed by atoms with Gasteiger partial charge >= 0.3 is 0 Å². The van der Waals surface area contributed by atoms with Crippen molar-refractivity contribution in [2.45, 2.75) is 38.3 Å². The van der Waals surface area contributed by atoms with E-state index in [-0.39, 0.29) is 6.04 Å². The summed E-state index contributed by atoms with van der Waals surface area (Å²) < 4.78 is 0.901. The summed E-state index contributed by atoms with van der Waals surface area (Å²) in [6, 6.07) is 2.81. The van der Waals surface area contributed by atoms with Crippen molar-refractivity contribution in [3.63, 3.8) is 0 Å². The molecule has 0 saturated heterocycles. The molecule has 0 fully saturated rings. The second-order valence-electron chi connectivity index (χ2n) is 4.62. The molecule has 2 aromatic rings. The fourth-order valence-corrected chi connectivity index (χ4v) is 3.96. The van der Waals surface area contributed by atoms with E-state index in [4.69, 9.17) is 11.6 Å². The Morgan fingerprint density at radius 3 is 3.28 bits per heavy atom. The molecule has 2 atom stereocenters. The van der Waals surface area contributed by atoms with Crippen molar-refractivity contribution in [3.05, 3.63) is 39.1 Å². The van der Waals surface area contributed by atoms with Crippen LogP contribution in [0.1, 0.15) is 48.1 Å². The third-order valence-electron chi connectivity index (χ3n) is 3.51. The molecule has 96 valence electrons. The normalized spacial score (nSPS) is 20.0. The SMILES string of the molecule is CCC(NC1CCc2sc(Cl)cc21)c1ncc[nH]1. The molecule has 3 rings (SSSR count). The van der Waals surface area contributed by atoms with Crippen LogP contribution in [0.4, 0.5) is 0 Å². The van der Waals surface area contributed by atoms with Crippen molar-refractivity contribution >= 4 is 22.9 Å². The fourth-order valence-electron chi connectivity index (χ4n) is 2.60. The van der Waals surface area contributed by atoms with Gasteiger partial charge in [0.15, 0.2) is 0 Å². The third-order valence-corrected chi connectivity index (χ3v) is 4.85. The van der Waals surface area contributed by atoms with Gasteiger partial charge in [-0.1, -0.05) is 18.5 Å². The van der Waals surface area contributed by atoms with Crippen LogP contribution in [0, 0.1) is 0 Å². The highest BCUT2D eigenvalue weighted by Gasteiger charge is 2.27. The van der Waals surface area contributed by atoms with Gasteiger partial charge in [0.25, 0.3) is 0 Å². The highest BCUT2D eigenvalue weighted by atomic mass is 35.5. The van der Waals surface area contributed by atoms with Gasteiger partial charge in [-0.25, -0.2) is 4.98 Å². The van der Waals surface area contributed by atoms with E-state index < -0.39 is 0 Å². The van der Waals surface area contributed by atoms with Crippen molar-refractivity contribution in [3.8, 4) is 0 Å². The van der Waals surface area contributed by atoms with Crippen LogP contribution in [-0.2, 0) is 6.42 Å². The van der Waals surface area contributed by atoms with Crippen molar-refractivity contribution in [2.75, 3.05) is 0 Å². The number of hydrogen-bond acceptors (Lipinski definition) is 3. The van der Waals surface area contributed by atoms with Crippen LogP contribution >= 0.6 is 22.9 Å². The largest absolute Gasteiger partial charge is 0.347 e.